The van der Waals surface area contributed by atoms with Gasteiger partial charge >= 0.3 is 5.97 Å². The Hall–Kier alpha value is -4.19. The van der Waals surface area contributed by atoms with Crippen molar-refractivity contribution >= 4 is 35.1 Å². The molecule has 1 saturated heterocycles. The molecule has 172 valence electrons. The van der Waals surface area contributed by atoms with Crippen molar-refractivity contribution in [1.82, 2.24) is 4.90 Å². The number of esters is 1. The van der Waals surface area contributed by atoms with Crippen LogP contribution in [-0.2, 0) is 25.5 Å². The zero-order chi connectivity index (χ0) is 23.9. The number of hydrogen-bond acceptors (Lipinski definition) is 6. The van der Waals surface area contributed by atoms with Gasteiger partial charge in [0.1, 0.15) is 0 Å². The summed E-state index contributed by atoms with van der Waals surface area (Å²) in [6, 6.07) is 15.4. The van der Waals surface area contributed by atoms with Crippen molar-refractivity contribution in [3.05, 3.63) is 59.7 Å². The lowest BCUT2D eigenvalue weighted by Gasteiger charge is -2.48. The summed E-state index contributed by atoms with van der Waals surface area (Å²) in [4.78, 5) is 55.1. The molecule has 2 fully saturated rings. The van der Waals surface area contributed by atoms with Gasteiger partial charge < -0.3 is 15.0 Å². The standard InChI is InChI=1S/C25H22N4O5/c26-14-12-16-5-7-17(8-6-16)27-21(30)15-34-24(33)25-13-11-22(31)29(25)20-4-2-1-3-19(20)23(32)28(25)18-9-10-18/h1-8,18H,9-13,15H2,(H,27,30). The average molecular weight is 458 g/mol. The predicted octanol–water partition coefficient (Wildman–Crippen LogP) is 2.38. The second kappa shape index (κ2) is 8.30. The molecule has 1 aliphatic carbocycles. The Kier molecular flexibility index (Phi) is 5.28. The number of fused-ring (bicyclic) bond motifs is 3. The molecule has 1 unspecified atom stereocenters. The first-order valence-electron chi connectivity index (χ1n) is 11.1. The highest BCUT2D eigenvalue weighted by atomic mass is 16.5. The van der Waals surface area contributed by atoms with E-state index in [4.69, 9.17) is 10.00 Å². The minimum Gasteiger partial charge on any atom is -0.452 e. The van der Waals surface area contributed by atoms with Crippen LogP contribution in [0.3, 0.4) is 0 Å². The van der Waals surface area contributed by atoms with Crippen LogP contribution in [0.4, 0.5) is 11.4 Å². The smallest absolute Gasteiger partial charge is 0.354 e. The van der Waals surface area contributed by atoms with E-state index in [2.05, 4.69) is 11.4 Å². The highest BCUT2D eigenvalue weighted by Crippen LogP contribution is 2.49. The number of benzene rings is 2. The number of nitriles is 1. The summed E-state index contributed by atoms with van der Waals surface area (Å²) in [5.41, 5.74) is 0.513. The van der Waals surface area contributed by atoms with E-state index >= 15 is 0 Å². The van der Waals surface area contributed by atoms with Crippen LogP contribution in [0.25, 0.3) is 0 Å². The zero-order valence-corrected chi connectivity index (χ0v) is 18.3. The van der Waals surface area contributed by atoms with E-state index < -0.39 is 24.1 Å². The van der Waals surface area contributed by atoms with Gasteiger partial charge in [-0.15, -0.1) is 0 Å². The van der Waals surface area contributed by atoms with Gasteiger partial charge in [-0.05, 0) is 42.7 Å². The first-order chi connectivity index (χ1) is 16.5. The summed E-state index contributed by atoms with van der Waals surface area (Å²) >= 11 is 0. The summed E-state index contributed by atoms with van der Waals surface area (Å²) in [6.45, 7) is -0.559. The van der Waals surface area contributed by atoms with Crippen LogP contribution < -0.4 is 10.2 Å². The molecule has 1 saturated carbocycles. The van der Waals surface area contributed by atoms with Crippen LogP contribution in [0.15, 0.2) is 48.5 Å². The lowest BCUT2D eigenvalue weighted by Crippen LogP contribution is -2.69. The summed E-state index contributed by atoms with van der Waals surface area (Å²) < 4.78 is 5.42. The number of amides is 3. The molecule has 2 aromatic carbocycles. The van der Waals surface area contributed by atoms with Gasteiger partial charge in [-0.25, -0.2) is 4.79 Å². The van der Waals surface area contributed by atoms with Gasteiger partial charge in [0, 0.05) is 24.6 Å². The van der Waals surface area contributed by atoms with E-state index in [1.807, 2.05) is 0 Å². The van der Waals surface area contributed by atoms with Crippen molar-refractivity contribution in [3.8, 4) is 6.07 Å². The van der Waals surface area contributed by atoms with Crippen molar-refractivity contribution in [3.63, 3.8) is 0 Å². The van der Waals surface area contributed by atoms with Gasteiger partial charge in [0.25, 0.3) is 11.8 Å². The molecule has 5 rings (SSSR count). The fraction of sp³-hybridized carbons (Fsp3) is 0.320. The van der Waals surface area contributed by atoms with Gasteiger partial charge in [0.2, 0.25) is 11.6 Å². The maximum atomic E-state index is 13.5. The largest absolute Gasteiger partial charge is 0.452 e. The van der Waals surface area contributed by atoms with Crippen LogP contribution in [0.1, 0.15) is 41.6 Å². The zero-order valence-electron chi connectivity index (χ0n) is 18.3. The third-order valence-electron chi connectivity index (χ3n) is 6.39. The van der Waals surface area contributed by atoms with E-state index in [1.54, 1.807) is 48.5 Å². The summed E-state index contributed by atoms with van der Waals surface area (Å²) in [5, 5.41) is 11.4. The Labute approximate surface area is 195 Å². The van der Waals surface area contributed by atoms with Gasteiger partial charge in [0.15, 0.2) is 6.61 Å². The molecule has 3 amide bonds. The van der Waals surface area contributed by atoms with Crippen molar-refractivity contribution in [2.24, 2.45) is 0 Å². The predicted molar refractivity (Wildman–Crippen MR) is 120 cm³/mol. The van der Waals surface area contributed by atoms with Gasteiger partial charge in [-0.1, -0.05) is 24.3 Å². The Bertz CT molecular complexity index is 1230. The van der Waals surface area contributed by atoms with Crippen LogP contribution in [0.2, 0.25) is 0 Å². The second-order valence-corrected chi connectivity index (χ2v) is 8.63. The number of nitrogens with zero attached hydrogens (tertiary/aromatic N) is 3. The third kappa shape index (κ3) is 3.48. The van der Waals surface area contributed by atoms with Crippen LogP contribution >= 0.6 is 0 Å². The van der Waals surface area contributed by atoms with Crippen LogP contribution in [-0.4, -0.2) is 46.9 Å². The molecule has 34 heavy (non-hydrogen) atoms. The van der Waals surface area contributed by atoms with Crippen LogP contribution in [0, 0.1) is 11.3 Å². The van der Waals surface area contributed by atoms with Gasteiger partial charge in [-0.2, -0.15) is 5.26 Å². The van der Waals surface area contributed by atoms with E-state index in [9.17, 15) is 19.2 Å². The Morgan fingerprint density at radius 2 is 1.85 bits per heavy atom. The molecule has 3 aliphatic rings. The Morgan fingerprint density at radius 1 is 1.12 bits per heavy atom. The number of ether oxygens (including phenoxy) is 1. The SMILES string of the molecule is N#CCc1ccc(NC(=O)COC(=O)C23CCC(=O)N2c2ccccc2C(=O)N3C2CC2)cc1. The van der Waals surface area contributed by atoms with Crippen molar-refractivity contribution in [2.45, 2.75) is 43.8 Å². The second-order valence-electron chi connectivity index (χ2n) is 8.63. The number of rotatable bonds is 6. The molecule has 1 atom stereocenters. The average Bonchev–Trinajstić information content (AvgIpc) is 3.61. The minimum atomic E-state index is -1.58. The molecular weight excluding hydrogens is 436 g/mol. The topological polar surface area (TPSA) is 120 Å². The maximum Gasteiger partial charge on any atom is 0.354 e. The first kappa shape index (κ1) is 21.6. The molecule has 2 heterocycles. The molecule has 0 bridgehead atoms. The number of carbonyl (C=O) groups is 4. The lowest BCUT2D eigenvalue weighted by molar-refractivity contribution is -0.159. The third-order valence-corrected chi connectivity index (χ3v) is 6.39. The summed E-state index contributed by atoms with van der Waals surface area (Å²) in [7, 11) is 0. The van der Waals surface area contributed by atoms with Crippen LogP contribution in [0.5, 0.6) is 0 Å². The van der Waals surface area contributed by atoms with E-state index in [1.165, 1.54) is 9.80 Å². The molecule has 9 heteroatoms. The van der Waals surface area contributed by atoms with Crippen molar-refractivity contribution in [1.29, 1.82) is 5.26 Å². The van der Waals surface area contributed by atoms with E-state index in [-0.39, 0.29) is 37.1 Å². The number of hydrogen-bond donors (Lipinski definition) is 1. The fourth-order valence-corrected chi connectivity index (χ4v) is 4.75. The maximum absolute atomic E-state index is 13.5. The van der Waals surface area contributed by atoms with E-state index in [0.717, 1.165) is 18.4 Å². The monoisotopic (exact) mass is 458 g/mol. The molecule has 0 radical (unpaired) electrons. The van der Waals surface area contributed by atoms with Gasteiger partial charge in [-0.3, -0.25) is 19.3 Å². The molecule has 0 aromatic heterocycles. The molecular formula is C25H22N4O5. The number of anilines is 2. The van der Waals surface area contributed by atoms with Gasteiger partial charge in [0.05, 0.1) is 23.7 Å². The number of carbonyl (C=O) groups excluding carboxylic acids is 4. The normalized spacial score (nSPS) is 20.9. The van der Waals surface area contributed by atoms with Crippen molar-refractivity contribution in [2.75, 3.05) is 16.8 Å². The van der Waals surface area contributed by atoms with Crippen molar-refractivity contribution < 1.29 is 23.9 Å². The number of para-hydroxylation sites is 1. The highest BCUT2D eigenvalue weighted by molar-refractivity contribution is 6.16. The summed E-state index contributed by atoms with van der Waals surface area (Å²) in [6.07, 6.45) is 1.97. The van der Waals surface area contributed by atoms with E-state index in [0.29, 0.717) is 16.9 Å². The highest BCUT2D eigenvalue weighted by Gasteiger charge is 2.64. The molecule has 1 N–H and O–H groups in total. The lowest BCUT2D eigenvalue weighted by atomic mass is 9.96. The summed E-state index contributed by atoms with van der Waals surface area (Å²) in [5.74, 6) is -1.89. The Balaban J connectivity index is 1.36. The number of nitrogens with one attached hydrogen (secondary N) is 1. The molecule has 9 nitrogen and oxygen atoms in total. The molecule has 0 spiro atoms. The molecule has 2 aromatic rings. The minimum absolute atomic E-state index is 0.0984. The first-order valence-corrected chi connectivity index (χ1v) is 11.1. The molecule has 2 aliphatic heterocycles. The fourth-order valence-electron chi connectivity index (χ4n) is 4.75. The quantitative estimate of drug-likeness (QED) is 0.664. The Morgan fingerprint density at radius 3 is 2.56 bits per heavy atom.